The average Bonchev–Trinajstić information content (AvgIpc) is 2.90. The van der Waals surface area contributed by atoms with E-state index in [1.165, 1.54) is 10.8 Å². The Balaban J connectivity index is 1.75. The zero-order valence-electron chi connectivity index (χ0n) is 11.6. The van der Waals surface area contributed by atoms with Crippen LogP contribution in [0.4, 0.5) is 5.95 Å². The number of rotatable bonds is 2. The minimum Gasteiger partial charge on any atom is -0.369 e. The normalized spacial score (nSPS) is 11.3. The van der Waals surface area contributed by atoms with E-state index in [0.29, 0.717) is 23.4 Å². The Morgan fingerprint density at radius 2 is 1.82 bits per heavy atom. The van der Waals surface area contributed by atoms with Crippen molar-refractivity contribution in [1.29, 1.82) is 0 Å². The Morgan fingerprint density at radius 3 is 2.68 bits per heavy atom. The highest BCUT2D eigenvalue weighted by Gasteiger charge is 2.09. The van der Waals surface area contributed by atoms with Crippen LogP contribution in [0.5, 0.6) is 0 Å². The van der Waals surface area contributed by atoms with Crippen LogP contribution in [-0.4, -0.2) is 19.9 Å². The number of hydrogen-bond acceptors (Lipinski definition) is 4. The van der Waals surface area contributed by atoms with Gasteiger partial charge in [-0.25, -0.2) is 4.98 Å². The van der Waals surface area contributed by atoms with E-state index in [-0.39, 0.29) is 11.5 Å². The molecule has 0 atom stereocenters. The van der Waals surface area contributed by atoms with Gasteiger partial charge in [-0.2, -0.15) is 4.98 Å². The molecule has 4 rings (SSSR count). The van der Waals surface area contributed by atoms with Crippen LogP contribution in [0.1, 0.15) is 11.4 Å². The average molecular weight is 291 g/mol. The quantitative estimate of drug-likeness (QED) is 0.525. The molecule has 0 saturated carbocycles. The molecule has 2 aromatic heterocycles. The molecule has 0 bridgehead atoms. The Bertz CT molecular complexity index is 1050. The Hall–Kier alpha value is -3.15. The first-order valence-corrected chi connectivity index (χ1v) is 6.91. The molecule has 108 valence electrons. The molecule has 0 fully saturated rings. The maximum absolute atomic E-state index is 11.8. The van der Waals surface area contributed by atoms with Crippen molar-refractivity contribution in [3.8, 4) is 0 Å². The zero-order valence-corrected chi connectivity index (χ0v) is 11.6. The van der Waals surface area contributed by atoms with Gasteiger partial charge in [0, 0.05) is 6.42 Å². The van der Waals surface area contributed by atoms with Gasteiger partial charge in [0.2, 0.25) is 5.95 Å². The van der Waals surface area contributed by atoms with E-state index in [4.69, 9.17) is 5.73 Å². The van der Waals surface area contributed by atoms with Crippen molar-refractivity contribution in [2.45, 2.75) is 6.42 Å². The fourth-order valence-corrected chi connectivity index (χ4v) is 2.60. The summed E-state index contributed by atoms with van der Waals surface area (Å²) >= 11 is 0. The molecule has 22 heavy (non-hydrogen) atoms. The first-order valence-electron chi connectivity index (χ1n) is 6.91. The molecule has 0 spiro atoms. The summed E-state index contributed by atoms with van der Waals surface area (Å²) in [6.45, 7) is 0. The number of nitrogen functional groups attached to an aromatic ring is 1. The summed E-state index contributed by atoms with van der Waals surface area (Å²) in [6.07, 6.45) is 0.598. The second-order valence-electron chi connectivity index (χ2n) is 5.19. The van der Waals surface area contributed by atoms with Crippen molar-refractivity contribution >= 4 is 27.9 Å². The van der Waals surface area contributed by atoms with E-state index in [1.54, 1.807) is 0 Å². The number of H-pyrrole nitrogens is 2. The van der Waals surface area contributed by atoms with Crippen LogP contribution < -0.4 is 11.3 Å². The fraction of sp³-hybridized carbons (Fsp3) is 0.0625. The Kier molecular flexibility index (Phi) is 2.69. The first kappa shape index (κ1) is 12.6. The molecular formula is C16H13N5O. The zero-order chi connectivity index (χ0) is 15.1. The van der Waals surface area contributed by atoms with Gasteiger partial charge >= 0.3 is 0 Å². The molecule has 6 nitrogen and oxygen atoms in total. The number of hydrogen-bond donors (Lipinski definition) is 3. The minimum atomic E-state index is -0.306. The number of nitrogens with one attached hydrogen (secondary N) is 2. The van der Waals surface area contributed by atoms with E-state index in [9.17, 15) is 4.79 Å². The molecular weight excluding hydrogens is 278 g/mol. The Morgan fingerprint density at radius 1 is 1.00 bits per heavy atom. The summed E-state index contributed by atoms with van der Waals surface area (Å²) in [7, 11) is 0. The highest BCUT2D eigenvalue weighted by Crippen LogP contribution is 2.17. The van der Waals surface area contributed by atoms with Gasteiger partial charge in [-0.15, -0.1) is 0 Å². The van der Waals surface area contributed by atoms with Gasteiger partial charge in [-0.1, -0.05) is 42.5 Å². The number of benzene rings is 2. The number of aromatic amines is 2. The third kappa shape index (κ3) is 2.10. The van der Waals surface area contributed by atoms with Crippen LogP contribution >= 0.6 is 0 Å². The third-order valence-electron chi connectivity index (χ3n) is 3.61. The van der Waals surface area contributed by atoms with Crippen molar-refractivity contribution in [3.05, 3.63) is 64.2 Å². The number of imidazole rings is 1. The second-order valence-corrected chi connectivity index (χ2v) is 5.19. The van der Waals surface area contributed by atoms with Crippen molar-refractivity contribution in [1.82, 2.24) is 19.9 Å². The summed E-state index contributed by atoms with van der Waals surface area (Å²) in [5, 5.41) is 2.37. The number of aromatic nitrogens is 4. The molecule has 0 saturated heterocycles. The van der Waals surface area contributed by atoms with E-state index >= 15 is 0 Å². The predicted molar refractivity (Wildman–Crippen MR) is 85.7 cm³/mol. The van der Waals surface area contributed by atoms with E-state index in [2.05, 4.69) is 50.3 Å². The lowest BCUT2D eigenvalue weighted by Crippen LogP contribution is -2.10. The number of fused-ring (bicyclic) bond motifs is 2. The van der Waals surface area contributed by atoms with Gasteiger partial charge in [-0.05, 0) is 16.3 Å². The second kappa shape index (κ2) is 4.70. The van der Waals surface area contributed by atoms with E-state index in [1.807, 2.05) is 12.1 Å². The van der Waals surface area contributed by atoms with Gasteiger partial charge in [0.15, 0.2) is 11.2 Å². The van der Waals surface area contributed by atoms with Crippen molar-refractivity contribution < 1.29 is 0 Å². The Labute approximate surface area is 125 Å². The summed E-state index contributed by atoms with van der Waals surface area (Å²) < 4.78 is 0. The largest absolute Gasteiger partial charge is 0.369 e. The van der Waals surface area contributed by atoms with Gasteiger partial charge in [0.05, 0.1) is 0 Å². The molecule has 0 aliphatic carbocycles. The maximum atomic E-state index is 11.8. The predicted octanol–water partition coefficient (Wildman–Crippen LogP) is 1.97. The summed E-state index contributed by atoms with van der Waals surface area (Å²) in [4.78, 5) is 25.6. The number of anilines is 1. The summed E-state index contributed by atoms with van der Waals surface area (Å²) in [5.41, 5.74) is 7.03. The molecule has 0 unspecified atom stereocenters. The number of nitrogens with zero attached hydrogens (tertiary/aromatic N) is 2. The van der Waals surface area contributed by atoms with Gasteiger partial charge in [0.25, 0.3) is 5.56 Å². The van der Waals surface area contributed by atoms with Crippen LogP contribution in [0.15, 0.2) is 47.3 Å². The molecule has 2 heterocycles. The van der Waals surface area contributed by atoms with Crippen LogP contribution in [0.3, 0.4) is 0 Å². The molecule has 6 heteroatoms. The van der Waals surface area contributed by atoms with Crippen molar-refractivity contribution in [3.63, 3.8) is 0 Å². The van der Waals surface area contributed by atoms with E-state index < -0.39 is 0 Å². The lowest BCUT2D eigenvalue weighted by atomic mass is 10.1. The monoisotopic (exact) mass is 291 g/mol. The van der Waals surface area contributed by atoms with Crippen molar-refractivity contribution in [2.24, 2.45) is 0 Å². The van der Waals surface area contributed by atoms with Gasteiger partial charge in [-0.3, -0.25) is 9.78 Å². The smallest absolute Gasteiger partial charge is 0.278 e. The van der Waals surface area contributed by atoms with Gasteiger partial charge < -0.3 is 10.7 Å². The molecule has 0 aliphatic rings. The SMILES string of the molecule is Nc1nc2nc(Cc3ccc4ccccc4c3)[nH]c2c(=O)[nH]1. The maximum Gasteiger partial charge on any atom is 0.278 e. The first-order chi connectivity index (χ1) is 10.7. The highest BCUT2D eigenvalue weighted by atomic mass is 16.1. The van der Waals surface area contributed by atoms with Crippen LogP contribution in [0, 0.1) is 0 Å². The molecule has 0 radical (unpaired) electrons. The third-order valence-corrected chi connectivity index (χ3v) is 3.61. The standard InChI is InChI=1S/C16H13N5O/c17-16-20-14-13(15(22)21-16)18-12(19-14)8-9-5-6-10-3-1-2-4-11(10)7-9/h1-7H,8H2,(H4,17,18,19,20,21,22). The van der Waals surface area contributed by atoms with Crippen molar-refractivity contribution in [2.75, 3.05) is 5.73 Å². The van der Waals surface area contributed by atoms with Crippen LogP contribution in [0.25, 0.3) is 21.9 Å². The minimum absolute atomic E-state index is 0.0706. The fourth-order valence-electron chi connectivity index (χ4n) is 2.60. The molecule has 2 aromatic carbocycles. The topological polar surface area (TPSA) is 100 Å². The highest BCUT2D eigenvalue weighted by molar-refractivity contribution is 5.83. The van der Waals surface area contributed by atoms with Crippen LogP contribution in [0.2, 0.25) is 0 Å². The lowest BCUT2D eigenvalue weighted by Gasteiger charge is -2.01. The molecule has 4 N–H and O–H groups in total. The summed E-state index contributed by atoms with van der Waals surface area (Å²) in [5.74, 6) is 0.759. The molecule has 0 amide bonds. The molecule has 4 aromatic rings. The lowest BCUT2D eigenvalue weighted by molar-refractivity contribution is 1.04. The molecule has 0 aliphatic heterocycles. The van der Waals surface area contributed by atoms with Crippen LogP contribution in [-0.2, 0) is 6.42 Å². The number of nitrogens with two attached hydrogens (primary N) is 1. The summed E-state index contributed by atoms with van der Waals surface area (Å²) in [6, 6.07) is 14.4. The van der Waals surface area contributed by atoms with E-state index in [0.717, 1.165) is 5.56 Å². The van der Waals surface area contributed by atoms with Gasteiger partial charge in [0.1, 0.15) is 5.82 Å².